The van der Waals surface area contributed by atoms with Gasteiger partial charge in [-0.25, -0.2) is 4.39 Å². The van der Waals surface area contributed by atoms with Crippen LogP contribution in [0.1, 0.15) is 0 Å². The molecule has 0 aromatic heterocycles. The summed E-state index contributed by atoms with van der Waals surface area (Å²) in [6.07, 6.45) is 0. The molecule has 2 aromatic rings. The third kappa shape index (κ3) is 5.42. The summed E-state index contributed by atoms with van der Waals surface area (Å²) < 4.78 is 32.1. The van der Waals surface area contributed by atoms with Crippen LogP contribution in [0.5, 0.6) is 23.0 Å². The molecule has 0 radical (unpaired) electrons. The largest absolute Gasteiger partial charge is 0.497 e. The first-order valence-electron chi connectivity index (χ1n) is 7.21. The number of methoxy groups -OCH3 is 4. The predicted molar refractivity (Wildman–Crippen MR) is 92.4 cm³/mol. The molecule has 0 fully saturated rings. The fourth-order valence-electron chi connectivity index (χ4n) is 1.92. The molecule has 0 aliphatic heterocycles. The first kappa shape index (κ1) is 21.4. The molecule has 27 heavy (non-hydrogen) atoms. The number of nitrogens with zero attached hydrogens (tertiary/aromatic N) is 2. The molecule has 0 amide bonds. The zero-order valence-electron chi connectivity index (χ0n) is 14.9. The van der Waals surface area contributed by atoms with E-state index in [0.29, 0.717) is 5.75 Å². The number of ether oxygens (including phenoxy) is 4. The van der Waals surface area contributed by atoms with Gasteiger partial charge in [0.15, 0.2) is 11.6 Å². The summed E-state index contributed by atoms with van der Waals surface area (Å²) in [6, 6.07) is 6.22. The molecule has 0 aliphatic rings. The van der Waals surface area contributed by atoms with Crippen molar-refractivity contribution in [1.29, 1.82) is 0 Å². The lowest BCUT2D eigenvalue weighted by atomic mass is 10.2. The van der Waals surface area contributed by atoms with Crippen LogP contribution in [0, 0.1) is 26.0 Å². The van der Waals surface area contributed by atoms with Gasteiger partial charge in [-0.3, -0.25) is 20.2 Å². The summed E-state index contributed by atoms with van der Waals surface area (Å²) in [5, 5.41) is 20.9. The summed E-state index contributed by atoms with van der Waals surface area (Å²) in [7, 11) is 5.39. The average molecular weight is 384 g/mol. The Hall–Kier alpha value is -3.63. The van der Waals surface area contributed by atoms with Crippen LogP contribution in [0.25, 0.3) is 0 Å². The van der Waals surface area contributed by atoms with E-state index in [-0.39, 0.29) is 22.9 Å². The van der Waals surface area contributed by atoms with Gasteiger partial charge < -0.3 is 18.9 Å². The van der Waals surface area contributed by atoms with E-state index in [2.05, 4.69) is 4.74 Å². The molecule has 0 heterocycles. The molecule has 0 unspecified atom stereocenters. The van der Waals surface area contributed by atoms with E-state index < -0.39 is 21.4 Å². The lowest BCUT2D eigenvalue weighted by Gasteiger charge is -2.05. The van der Waals surface area contributed by atoms with Gasteiger partial charge in [-0.1, -0.05) is 0 Å². The SMILES string of the molecule is COc1cc(OC)c([N+](=O)[O-])cc1F.COc1ccc([N+](=O)[O-])c(OC)c1. The molecule has 0 saturated carbocycles. The minimum atomic E-state index is -0.792. The van der Waals surface area contributed by atoms with Gasteiger partial charge in [0.1, 0.15) is 5.75 Å². The molecule has 146 valence electrons. The van der Waals surface area contributed by atoms with Crippen molar-refractivity contribution in [2.75, 3.05) is 28.4 Å². The van der Waals surface area contributed by atoms with Gasteiger partial charge in [0, 0.05) is 18.2 Å². The molecule has 0 aliphatic carbocycles. The van der Waals surface area contributed by atoms with Gasteiger partial charge in [0.2, 0.25) is 11.5 Å². The third-order valence-corrected chi connectivity index (χ3v) is 3.23. The van der Waals surface area contributed by atoms with Crippen LogP contribution < -0.4 is 18.9 Å². The molecule has 0 atom stereocenters. The molecule has 0 spiro atoms. The predicted octanol–water partition coefficient (Wildman–Crippen LogP) is 3.36. The molecule has 0 N–H and O–H groups in total. The maximum Gasteiger partial charge on any atom is 0.314 e. The van der Waals surface area contributed by atoms with Crippen LogP contribution in [-0.4, -0.2) is 38.3 Å². The van der Waals surface area contributed by atoms with Gasteiger partial charge in [0.05, 0.1) is 44.4 Å². The van der Waals surface area contributed by atoms with E-state index in [1.807, 2.05) is 0 Å². The van der Waals surface area contributed by atoms with Crippen LogP contribution in [-0.2, 0) is 0 Å². The highest BCUT2D eigenvalue weighted by molar-refractivity contribution is 5.51. The molecule has 11 heteroatoms. The molecule has 2 aromatic carbocycles. The summed E-state index contributed by atoms with van der Waals surface area (Å²) in [5.74, 6) is -0.187. The van der Waals surface area contributed by atoms with E-state index in [0.717, 1.165) is 12.1 Å². The second kappa shape index (κ2) is 9.75. The standard InChI is InChI=1S/C8H8FNO4.C8H9NO4/c1-13-7-4-8(14-2)6(10(11)12)3-5(7)9;1-12-6-3-4-7(9(10)11)8(5-6)13-2/h3-4H,1-2H3;3-5H,1-2H3. The van der Waals surface area contributed by atoms with Crippen molar-refractivity contribution in [2.24, 2.45) is 0 Å². The number of halogens is 1. The quantitative estimate of drug-likeness (QED) is 0.548. The van der Waals surface area contributed by atoms with Crippen molar-refractivity contribution in [2.45, 2.75) is 0 Å². The van der Waals surface area contributed by atoms with E-state index in [1.165, 1.54) is 46.6 Å². The summed E-state index contributed by atoms with van der Waals surface area (Å²) in [6.45, 7) is 0. The minimum Gasteiger partial charge on any atom is -0.497 e. The second-order valence-corrected chi connectivity index (χ2v) is 4.71. The van der Waals surface area contributed by atoms with Gasteiger partial charge in [-0.2, -0.15) is 0 Å². The van der Waals surface area contributed by atoms with Crippen molar-refractivity contribution >= 4 is 11.4 Å². The molecular formula is C16H17FN2O8. The second-order valence-electron chi connectivity index (χ2n) is 4.71. The minimum absolute atomic E-state index is 0.0340. The maximum absolute atomic E-state index is 13.0. The Morgan fingerprint density at radius 3 is 1.70 bits per heavy atom. The van der Waals surface area contributed by atoms with E-state index in [4.69, 9.17) is 14.2 Å². The van der Waals surface area contributed by atoms with E-state index in [9.17, 15) is 24.6 Å². The molecule has 0 bridgehead atoms. The Labute approximate surface area is 153 Å². The summed E-state index contributed by atoms with van der Waals surface area (Å²) >= 11 is 0. The maximum atomic E-state index is 13.0. The van der Waals surface area contributed by atoms with Crippen molar-refractivity contribution in [3.8, 4) is 23.0 Å². The Morgan fingerprint density at radius 1 is 0.741 bits per heavy atom. The first-order valence-corrected chi connectivity index (χ1v) is 7.21. The van der Waals surface area contributed by atoms with Crippen LogP contribution >= 0.6 is 0 Å². The van der Waals surface area contributed by atoms with Crippen LogP contribution in [0.3, 0.4) is 0 Å². The van der Waals surface area contributed by atoms with Crippen LogP contribution in [0.4, 0.5) is 15.8 Å². The fraction of sp³-hybridized carbons (Fsp3) is 0.250. The normalized spacial score (nSPS) is 9.52. The van der Waals surface area contributed by atoms with Crippen molar-refractivity contribution in [3.05, 3.63) is 56.4 Å². The lowest BCUT2D eigenvalue weighted by molar-refractivity contribution is -0.386. The number of benzene rings is 2. The third-order valence-electron chi connectivity index (χ3n) is 3.23. The van der Waals surface area contributed by atoms with Gasteiger partial charge >= 0.3 is 11.4 Å². The summed E-state index contributed by atoms with van der Waals surface area (Å²) in [4.78, 5) is 19.7. The number of rotatable bonds is 6. The fourth-order valence-corrected chi connectivity index (χ4v) is 1.92. The molecule has 10 nitrogen and oxygen atoms in total. The number of hydrogen-bond donors (Lipinski definition) is 0. The van der Waals surface area contributed by atoms with Crippen molar-refractivity contribution in [3.63, 3.8) is 0 Å². The molecular weight excluding hydrogens is 367 g/mol. The highest BCUT2D eigenvalue weighted by Gasteiger charge is 2.19. The van der Waals surface area contributed by atoms with Crippen LogP contribution in [0.2, 0.25) is 0 Å². The highest BCUT2D eigenvalue weighted by atomic mass is 19.1. The summed E-state index contributed by atoms with van der Waals surface area (Å²) in [5.41, 5.74) is -0.492. The Kier molecular flexibility index (Phi) is 7.73. The lowest BCUT2D eigenvalue weighted by Crippen LogP contribution is -1.97. The van der Waals surface area contributed by atoms with Crippen molar-refractivity contribution in [1.82, 2.24) is 0 Å². The zero-order valence-corrected chi connectivity index (χ0v) is 14.9. The molecule has 2 rings (SSSR count). The number of nitro groups is 2. The average Bonchev–Trinajstić information content (AvgIpc) is 2.67. The monoisotopic (exact) mass is 384 g/mol. The number of hydrogen-bond acceptors (Lipinski definition) is 8. The number of nitro benzene ring substituents is 2. The smallest absolute Gasteiger partial charge is 0.314 e. The van der Waals surface area contributed by atoms with E-state index in [1.54, 1.807) is 0 Å². The topological polar surface area (TPSA) is 123 Å². The first-order chi connectivity index (χ1) is 12.8. The van der Waals surface area contributed by atoms with E-state index >= 15 is 0 Å². The van der Waals surface area contributed by atoms with Gasteiger partial charge in [-0.05, 0) is 6.07 Å². The van der Waals surface area contributed by atoms with Gasteiger partial charge in [-0.15, -0.1) is 0 Å². The van der Waals surface area contributed by atoms with Crippen LogP contribution in [0.15, 0.2) is 30.3 Å². The Morgan fingerprint density at radius 2 is 1.26 bits per heavy atom. The zero-order chi connectivity index (χ0) is 20.6. The highest BCUT2D eigenvalue weighted by Crippen LogP contribution is 2.33. The Balaban J connectivity index is 0.000000271. The van der Waals surface area contributed by atoms with Crippen molar-refractivity contribution < 1.29 is 33.2 Å². The van der Waals surface area contributed by atoms with Gasteiger partial charge in [0.25, 0.3) is 0 Å². The molecule has 0 saturated heterocycles. The Bertz CT molecular complexity index is 828.